The number of aromatic nitrogens is 2. The summed E-state index contributed by atoms with van der Waals surface area (Å²) in [5, 5.41) is 7.09. The second-order valence-corrected chi connectivity index (χ2v) is 16.4. The summed E-state index contributed by atoms with van der Waals surface area (Å²) in [5.74, 6) is 0. The van der Waals surface area contributed by atoms with Crippen molar-refractivity contribution < 1.29 is 4.42 Å². The van der Waals surface area contributed by atoms with Crippen LogP contribution in [0.25, 0.3) is 121 Å². The molecule has 294 valence electrons. The van der Waals surface area contributed by atoms with Gasteiger partial charge in [0.05, 0.1) is 33.4 Å². The minimum absolute atomic E-state index is 0.873. The standard InChI is InChI=1S/C60H38N2O/c1-3-17-39(18-4-1)43-21-7-8-23-45(43)49-34-36-56(60-59(49)50-26-12-16-30-58(50)63-60)61-54-29-15-11-25-47(54)51-37-41(32-35-55(51)61)42-31-33-48-46-24-10-14-28-53(46)62(57(48)38-42)52-27-13-9-22-44(52)40-19-5-2-6-20-40/h1-38H. The molecule has 3 aromatic heterocycles. The minimum Gasteiger partial charge on any atom is -0.454 e. The van der Waals surface area contributed by atoms with E-state index in [4.69, 9.17) is 4.42 Å². The first-order chi connectivity index (χ1) is 31.3. The van der Waals surface area contributed by atoms with Gasteiger partial charge in [0, 0.05) is 37.9 Å². The summed E-state index contributed by atoms with van der Waals surface area (Å²) in [7, 11) is 0. The van der Waals surface area contributed by atoms with Crippen LogP contribution in [0.2, 0.25) is 0 Å². The van der Waals surface area contributed by atoms with Crippen molar-refractivity contribution in [3.63, 3.8) is 0 Å². The van der Waals surface area contributed by atoms with Crippen LogP contribution in [0, 0.1) is 0 Å². The quantitative estimate of drug-likeness (QED) is 0.164. The fraction of sp³-hybridized carbons (Fsp3) is 0. The van der Waals surface area contributed by atoms with Crippen LogP contribution in [-0.4, -0.2) is 9.13 Å². The van der Waals surface area contributed by atoms with Gasteiger partial charge in [-0.25, -0.2) is 0 Å². The Morgan fingerprint density at radius 3 is 1.56 bits per heavy atom. The molecule has 0 amide bonds. The molecule has 0 N–H and O–H groups in total. The normalized spacial score (nSPS) is 11.8. The zero-order chi connectivity index (χ0) is 41.4. The third kappa shape index (κ3) is 5.46. The van der Waals surface area contributed by atoms with Crippen molar-refractivity contribution in [3.8, 4) is 55.9 Å². The molecule has 0 spiro atoms. The van der Waals surface area contributed by atoms with E-state index in [2.05, 4.69) is 240 Å². The van der Waals surface area contributed by atoms with Gasteiger partial charge in [0.15, 0.2) is 5.58 Å². The van der Waals surface area contributed by atoms with Crippen molar-refractivity contribution in [3.05, 3.63) is 231 Å². The van der Waals surface area contributed by atoms with Gasteiger partial charge >= 0.3 is 0 Å². The van der Waals surface area contributed by atoms with Gasteiger partial charge in [-0.15, -0.1) is 0 Å². The van der Waals surface area contributed by atoms with Crippen molar-refractivity contribution in [2.75, 3.05) is 0 Å². The van der Waals surface area contributed by atoms with Gasteiger partial charge in [0.1, 0.15) is 5.58 Å². The summed E-state index contributed by atoms with van der Waals surface area (Å²) in [5.41, 5.74) is 18.0. The van der Waals surface area contributed by atoms with E-state index >= 15 is 0 Å². The van der Waals surface area contributed by atoms with Crippen molar-refractivity contribution >= 4 is 65.6 Å². The monoisotopic (exact) mass is 802 g/mol. The Morgan fingerprint density at radius 1 is 0.270 bits per heavy atom. The van der Waals surface area contributed by atoms with Crippen LogP contribution >= 0.6 is 0 Å². The van der Waals surface area contributed by atoms with Crippen LogP contribution in [0.5, 0.6) is 0 Å². The highest BCUT2D eigenvalue weighted by Gasteiger charge is 2.23. The molecule has 3 heteroatoms. The van der Waals surface area contributed by atoms with Crippen LogP contribution in [0.15, 0.2) is 235 Å². The first-order valence-corrected chi connectivity index (χ1v) is 21.6. The fourth-order valence-corrected chi connectivity index (χ4v) is 10.2. The van der Waals surface area contributed by atoms with Crippen LogP contribution in [-0.2, 0) is 0 Å². The van der Waals surface area contributed by atoms with Gasteiger partial charge in [0.2, 0.25) is 0 Å². The van der Waals surface area contributed by atoms with E-state index in [0.29, 0.717) is 0 Å². The molecule has 0 radical (unpaired) electrons. The molecule has 63 heavy (non-hydrogen) atoms. The summed E-state index contributed by atoms with van der Waals surface area (Å²) in [4.78, 5) is 0. The molecule has 0 aliphatic heterocycles. The van der Waals surface area contributed by atoms with Crippen molar-refractivity contribution in [1.82, 2.24) is 9.13 Å². The van der Waals surface area contributed by atoms with E-state index in [1.54, 1.807) is 0 Å². The van der Waals surface area contributed by atoms with Crippen LogP contribution in [0.3, 0.4) is 0 Å². The van der Waals surface area contributed by atoms with Gasteiger partial charge in [-0.3, -0.25) is 0 Å². The van der Waals surface area contributed by atoms with Gasteiger partial charge in [-0.2, -0.15) is 0 Å². The smallest absolute Gasteiger partial charge is 0.160 e. The summed E-state index contributed by atoms with van der Waals surface area (Å²) >= 11 is 0. The Morgan fingerprint density at radius 2 is 0.794 bits per heavy atom. The third-order valence-electron chi connectivity index (χ3n) is 13.0. The maximum absolute atomic E-state index is 6.93. The first kappa shape index (κ1) is 35.4. The van der Waals surface area contributed by atoms with Crippen molar-refractivity contribution in [1.29, 1.82) is 0 Å². The Balaban J connectivity index is 1.01. The number of nitrogens with zero attached hydrogens (tertiary/aromatic N) is 2. The van der Waals surface area contributed by atoms with Gasteiger partial charge in [-0.05, 0) is 87.5 Å². The lowest BCUT2D eigenvalue weighted by molar-refractivity contribution is 0.666. The Hall–Kier alpha value is -8.40. The van der Waals surface area contributed by atoms with E-state index in [-0.39, 0.29) is 0 Å². The van der Waals surface area contributed by atoms with E-state index in [1.165, 1.54) is 71.5 Å². The number of fused-ring (bicyclic) bond motifs is 9. The van der Waals surface area contributed by atoms with Crippen LogP contribution in [0.1, 0.15) is 0 Å². The molecule has 0 aliphatic rings. The SMILES string of the molecule is c1ccc(-c2ccccc2-c2ccc(-n3c4ccccc4c4cc(-c5ccc6c7ccccc7n(-c7ccccc7-c7ccccc7)c6c5)ccc43)c3oc4ccccc4c23)cc1. The molecule has 13 rings (SSSR count). The predicted octanol–water partition coefficient (Wildman–Crippen LogP) is 16.4. The highest BCUT2D eigenvalue weighted by molar-refractivity contribution is 6.18. The molecule has 0 atom stereocenters. The van der Waals surface area contributed by atoms with Gasteiger partial charge < -0.3 is 13.6 Å². The zero-order valence-corrected chi connectivity index (χ0v) is 34.2. The van der Waals surface area contributed by atoms with E-state index in [0.717, 1.165) is 49.9 Å². The predicted molar refractivity (Wildman–Crippen MR) is 264 cm³/mol. The highest BCUT2D eigenvalue weighted by Crippen LogP contribution is 2.45. The number of hydrogen-bond donors (Lipinski definition) is 0. The molecule has 3 heterocycles. The zero-order valence-electron chi connectivity index (χ0n) is 34.2. The van der Waals surface area contributed by atoms with Crippen LogP contribution < -0.4 is 0 Å². The van der Waals surface area contributed by atoms with E-state index < -0.39 is 0 Å². The molecule has 0 aliphatic carbocycles. The minimum atomic E-state index is 0.873. The second kappa shape index (κ2) is 14.1. The molecular weight excluding hydrogens is 765 g/mol. The highest BCUT2D eigenvalue weighted by atomic mass is 16.3. The summed E-state index contributed by atoms with van der Waals surface area (Å²) in [6, 6.07) is 83.3. The lowest BCUT2D eigenvalue weighted by Gasteiger charge is -2.15. The summed E-state index contributed by atoms with van der Waals surface area (Å²) < 4.78 is 11.8. The molecule has 0 fully saturated rings. The number of hydrogen-bond acceptors (Lipinski definition) is 1. The third-order valence-corrected chi connectivity index (χ3v) is 13.0. The Bertz CT molecular complexity index is 3900. The topological polar surface area (TPSA) is 23.0 Å². The number of rotatable bonds is 6. The Labute approximate surface area is 363 Å². The fourth-order valence-electron chi connectivity index (χ4n) is 10.2. The second-order valence-electron chi connectivity index (χ2n) is 16.4. The largest absolute Gasteiger partial charge is 0.454 e. The van der Waals surface area contributed by atoms with Crippen LogP contribution in [0.4, 0.5) is 0 Å². The molecule has 13 aromatic rings. The Kier molecular flexibility index (Phi) is 7.91. The molecule has 0 bridgehead atoms. The lowest BCUT2D eigenvalue weighted by atomic mass is 9.91. The van der Waals surface area contributed by atoms with E-state index in [1.807, 2.05) is 0 Å². The number of furan rings is 1. The average molecular weight is 803 g/mol. The molecule has 3 nitrogen and oxygen atoms in total. The summed E-state index contributed by atoms with van der Waals surface area (Å²) in [6.45, 7) is 0. The van der Waals surface area contributed by atoms with Crippen molar-refractivity contribution in [2.45, 2.75) is 0 Å². The van der Waals surface area contributed by atoms with E-state index in [9.17, 15) is 0 Å². The molecule has 0 unspecified atom stereocenters. The maximum Gasteiger partial charge on any atom is 0.160 e. The number of benzene rings is 10. The maximum atomic E-state index is 6.93. The summed E-state index contributed by atoms with van der Waals surface area (Å²) in [6.07, 6.45) is 0. The van der Waals surface area contributed by atoms with Crippen molar-refractivity contribution in [2.24, 2.45) is 0 Å². The lowest BCUT2D eigenvalue weighted by Crippen LogP contribution is -1.97. The van der Waals surface area contributed by atoms with Gasteiger partial charge in [0.25, 0.3) is 0 Å². The molecule has 0 saturated carbocycles. The molecule has 0 saturated heterocycles. The van der Waals surface area contributed by atoms with Gasteiger partial charge in [-0.1, -0.05) is 182 Å². The average Bonchev–Trinajstić information content (AvgIpc) is 4.02. The first-order valence-electron chi connectivity index (χ1n) is 21.6. The molecular formula is C60H38N2O. The number of para-hydroxylation sites is 4. The molecule has 10 aromatic carbocycles.